The van der Waals surface area contributed by atoms with E-state index in [2.05, 4.69) is 5.32 Å². The molecule has 0 saturated carbocycles. The highest BCUT2D eigenvalue weighted by Crippen LogP contribution is 2.14. The van der Waals surface area contributed by atoms with Crippen LogP contribution < -0.4 is 5.32 Å². The number of esters is 1. The van der Waals surface area contributed by atoms with Crippen LogP contribution in [0.2, 0.25) is 0 Å². The van der Waals surface area contributed by atoms with E-state index in [0.29, 0.717) is 12.2 Å². The first-order valence-electron chi connectivity index (χ1n) is 4.23. The van der Waals surface area contributed by atoms with Gasteiger partial charge >= 0.3 is 5.97 Å². The summed E-state index contributed by atoms with van der Waals surface area (Å²) in [6, 6.07) is 7.26. The van der Waals surface area contributed by atoms with Crippen LogP contribution in [0, 0.1) is 0 Å². The lowest BCUT2D eigenvalue weighted by Gasteiger charge is -2.06. The summed E-state index contributed by atoms with van der Waals surface area (Å²) < 4.78 is 4.89. The minimum absolute atomic E-state index is 0.285. The SMILES string of the molecule is CCOC(=O)c1ccccc1NC. The molecule has 0 heterocycles. The van der Waals surface area contributed by atoms with E-state index in [1.54, 1.807) is 20.0 Å². The van der Waals surface area contributed by atoms with Gasteiger partial charge in [0.05, 0.1) is 12.2 Å². The van der Waals surface area contributed by atoms with Crippen LogP contribution in [0.15, 0.2) is 24.3 Å². The third-order valence-electron chi connectivity index (χ3n) is 1.69. The second-order valence-electron chi connectivity index (χ2n) is 2.52. The molecule has 0 spiro atoms. The maximum Gasteiger partial charge on any atom is 0.340 e. The van der Waals surface area contributed by atoms with E-state index in [-0.39, 0.29) is 5.97 Å². The fourth-order valence-electron chi connectivity index (χ4n) is 1.09. The van der Waals surface area contributed by atoms with Gasteiger partial charge in [-0.25, -0.2) is 4.79 Å². The molecule has 0 aliphatic carbocycles. The van der Waals surface area contributed by atoms with E-state index in [1.807, 2.05) is 18.2 Å². The summed E-state index contributed by atoms with van der Waals surface area (Å²) in [5.74, 6) is -0.285. The van der Waals surface area contributed by atoms with Crippen LogP contribution in [-0.4, -0.2) is 19.6 Å². The Labute approximate surface area is 77.7 Å². The van der Waals surface area contributed by atoms with Crippen molar-refractivity contribution in [3.63, 3.8) is 0 Å². The van der Waals surface area contributed by atoms with Crippen LogP contribution in [0.1, 0.15) is 17.3 Å². The van der Waals surface area contributed by atoms with E-state index in [1.165, 1.54) is 0 Å². The number of benzene rings is 1. The molecule has 0 aliphatic heterocycles. The Hall–Kier alpha value is -1.51. The van der Waals surface area contributed by atoms with Crippen molar-refractivity contribution in [2.45, 2.75) is 6.92 Å². The third-order valence-corrected chi connectivity index (χ3v) is 1.69. The number of para-hydroxylation sites is 1. The number of hydrogen-bond donors (Lipinski definition) is 1. The first kappa shape index (κ1) is 9.58. The number of ether oxygens (including phenoxy) is 1. The molecule has 13 heavy (non-hydrogen) atoms. The van der Waals surface area contributed by atoms with Gasteiger partial charge in [0, 0.05) is 12.7 Å². The predicted octanol–water partition coefficient (Wildman–Crippen LogP) is 1.91. The number of carbonyl (C=O) groups is 1. The number of nitrogens with one attached hydrogen (secondary N) is 1. The van der Waals surface area contributed by atoms with Gasteiger partial charge in [0.25, 0.3) is 0 Å². The molecule has 0 radical (unpaired) electrons. The summed E-state index contributed by atoms with van der Waals surface area (Å²) in [4.78, 5) is 11.4. The van der Waals surface area contributed by atoms with E-state index in [9.17, 15) is 4.79 Å². The first-order valence-corrected chi connectivity index (χ1v) is 4.23. The molecule has 1 aromatic carbocycles. The van der Waals surface area contributed by atoms with Crippen LogP contribution in [0.3, 0.4) is 0 Å². The van der Waals surface area contributed by atoms with Crippen molar-refractivity contribution < 1.29 is 9.53 Å². The molecule has 3 nitrogen and oxygen atoms in total. The van der Waals surface area contributed by atoms with Crippen molar-refractivity contribution in [3.05, 3.63) is 29.8 Å². The summed E-state index contributed by atoms with van der Waals surface area (Å²) in [6.45, 7) is 2.19. The molecule has 3 heteroatoms. The monoisotopic (exact) mass is 179 g/mol. The normalized spacial score (nSPS) is 9.38. The van der Waals surface area contributed by atoms with Crippen molar-refractivity contribution in [1.29, 1.82) is 0 Å². The van der Waals surface area contributed by atoms with Gasteiger partial charge in [0.1, 0.15) is 0 Å². The summed E-state index contributed by atoms with van der Waals surface area (Å²) >= 11 is 0. The Bertz CT molecular complexity index is 297. The summed E-state index contributed by atoms with van der Waals surface area (Å²) in [5, 5.41) is 2.93. The third kappa shape index (κ3) is 2.21. The van der Waals surface area contributed by atoms with Crippen molar-refractivity contribution in [3.8, 4) is 0 Å². The average molecular weight is 179 g/mol. The van der Waals surface area contributed by atoms with Crippen molar-refractivity contribution in [2.24, 2.45) is 0 Å². The largest absolute Gasteiger partial charge is 0.462 e. The van der Waals surface area contributed by atoms with Gasteiger partial charge in [-0.15, -0.1) is 0 Å². The predicted molar refractivity (Wildman–Crippen MR) is 51.9 cm³/mol. The summed E-state index contributed by atoms with van der Waals surface area (Å²) in [7, 11) is 1.78. The van der Waals surface area contributed by atoms with Crippen LogP contribution >= 0.6 is 0 Å². The van der Waals surface area contributed by atoms with Crippen LogP contribution in [-0.2, 0) is 4.74 Å². The minimum Gasteiger partial charge on any atom is -0.462 e. The van der Waals surface area contributed by atoms with Crippen molar-refractivity contribution in [2.75, 3.05) is 19.0 Å². The van der Waals surface area contributed by atoms with Crippen molar-refractivity contribution in [1.82, 2.24) is 0 Å². The number of rotatable bonds is 3. The second kappa shape index (κ2) is 4.50. The van der Waals surface area contributed by atoms with Gasteiger partial charge in [0.2, 0.25) is 0 Å². The zero-order chi connectivity index (χ0) is 9.68. The zero-order valence-corrected chi connectivity index (χ0v) is 7.83. The molecule has 0 fully saturated rings. The maximum atomic E-state index is 11.4. The van der Waals surface area contributed by atoms with E-state index in [0.717, 1.165) is 5.69 Å². The first-order chi connectivity index (χ1) is 6.29. The Balaban J connectivity index is 2.92. The Kier molecular flexibility index (Phi) is 3.31. The molecular weight excluding hydrogens is 166 g/mol. The van der Waals surface area contributed by atoms with E-state index < -0.39 is 0 Å². The number of hydrogen-bond acceptors (Lipinski definition) is 3. The van der Waals surface area contributed by atoms with E-state index >= 15 is 0 Å². The lowest BCUT2D eigenvalue weighted by Crippen LogP contribution is -2.07. The van der Waals surface area contributed by atoms with Crippen LogP contribution in [0.25, 0.3) is 0 Å². The van der Waals surface area contributed by atoms with Crippen molar-refractivity contribution >= 4 is 11.7 Å². The van der Waals surface area contributed by atoms with Gasteiger partial charge in [-0.2, -0.15) is 0 Å². The molecular formula is C10H13NO2. The second-order valence-corrected chi connectivity index (χ2v) is 2.52. The minimum atomic E-state index is -0.285. The molecule has 1 rings (SSSR count). The molecule has 0 aromatic heterocycles. The fourth-order valence-corrected chi connectivity index (χ4v) is 1.09. The van der Waals surface area contributed by atoms with Crippen LogP contribution in [0.4, 0.5) is 5.69 Å². The molecule has 0 saturated heterocycles. The highest BCUT2D eigenvalue weighted by atomic mass is 16.5. The Morgan fingerprint density at radius 1 is 1.46 bits per heavy atom. The summed E-state index contributed by atoms with van der Waals surface area (Å²) in [5.41, 5.74) is 1.37. The van der Waals surface area contributed by atoms with E-state index in [4.69, 9.17) is 4.74 Å². The summed E-state index contributed by atoms with van der Waals surface area (Å²) in [6.07, 6.45) is 0. The smallest absolute Gasteiger partial charge is 0.340 e. The zero-order valence-electron chi connectivity index (χ0n) is 7.83. The molecule has 0 amide bonds. The maximum absolute atomic E-state index is 11.4. The highest BCUT2D eigenvalue weighted by molar-refractivity contribution is 5.95. The lowest BCUT2D eigenvalue weighted by molar-refractivity contribution is 0.0527. The lowest BCUT2D eigenvalue weighted by atomic mass is 10.2. The highest BCUT2D eigenvalue weighted by Gasteiger charge is 2.09. The number of carbonyl (C=O) groups excluding carboxylic acids is 1. The van der Waals surface area contributed by atoms with Crippen LogP contribution in [0.5, 0.6) is 0 Å². The average Bonchev–Trinajstić information content (AvgIpc) is 2.18. The molecule has 0 atom stereocenters. The topological polar surface area (TPSA) is 38.3 Å². The molecule has 70 valence electrons. The van der Waals surface area contributed by atoms with Gasteiger partial charge in [-0.3, -0.25) is 0 Å². The number of anilines is 1. The van der Waals surface area contributed by atoms with Gasteiger partial charge in [-0.05, 0) is 19.1 Å². The quantitative estimate of drug-likeness (QED) is 0.720. The van der Waals surface area contributed by atoms with Gasteiger partial charge in [0.15, 0.2) is 0 Å². The molecule has 0 bridgehead atoms. The van der Waals surface area contributed by atoms with Gasteiger partial charge in [-0.1, -0.05) is 12.1 Å². The van der Waals surface area contributed by atoms with Gasteiger partial charge < -0.3 is 10.1 Å². The fraction of sp³-hybridized carbons (Fsp3) is 0.300. The standard InChI is InChI=1S/C10H13NO2/c1-3-13-10(12)8-6-4-5-7-9(8)11-2/h4-7,11H,3H2,1-2H3. The Morgan fingerprint density at radius 3 is 2.77 bits per heavy atom. The Morgan fingerprint density at radius 2 is 2.15 bits per heavy atom. The molecule has 1 N–H and O–H groups in total. The molecule has 1 aromatic rings. The molecule has 0 unspecified atom stereocenters. The molecule has 0 aliphatic rings.